The van der Waals surface area contributed by atoms with Crippen molar-refractivity contribution in [2.24, 2.45) is 0 Å². The van der Waals surface area contributed by atoms with Gasteiger partial charge in [0.25, 0.3) is 0 Å². The van der Waals surface area contributed by atoms with Crippen molar-refractivity contribution in [2.75, 3.05) is 6.54 Å². The number of ether oxygens (including phenoxy) is 1. The van der Waals surface area contributed by atoms with E-state index < -0.39 is 6.09 Å². The third-order valence-electron chi connectivity index (χ3n) is 3.14. The molecule has 1 unspecified atom stereocenters. The van der Waals surface area contributed by atoms with Gasteiger partial charge in [0.1, 0.15) is 11.9 Å². The third kappa shape index (κ3) is 2.42. The van der Waals surface area contributed by atoms with E-state index >= 15 is 0 Å². The van der Waals surface area contributed by atoms with Crippen molar-refractivity contribution in [3.63, 3.8) is 0 Å². The number of hydrogen-bond donors (Lipinski definition) is 2. The molecule has 0 aliphatic carbocycles. The molecule has 19 heavy (non-hydrogen) atoms. The molecule has 1 aromatic heterocycles. The van der Waals surface area contributed by atoms with Crippen LogP contribution in [0.15, 0.2) is 35.0 Å². The maximum absolute atomic E-state index is 10.5. The molecule has 0 radical (unpaired) electrons. The number of fused-ring (bicyclic) bond motifs is 1. The summed E-state index contributed by atoms with van der Waals surface area (Å²) in [5, 5.41) is 15.1. The predicted molar refractivity (Wildman–Crippen MR) is 73.9 cm³/mol. The molecular formula is C14H13NO3S. The van der Waals surface area contributed by atoms with Gasteiger partial charge in [-0.3, -0.25) is 0 Å². The second-order valence-corrected chi connectivity index (χ2v) is 5.22. The molecule has 0 saturated carbocycles. The van der Waals surface area contributed by atoms with E-state index in [1.165, 1.54) is 0 Å². The second kappa shape index (κ2) is 4.93. The van der Waals surface area contributed by atoms with Crippen LogP contribution in [0.1, 0.15) is 5.56 Å². The molecular weight excluding hydrogens is 262 g/mol. The number of nitrogens with one attached hydrogen (secondary N) is 1. The second-order valence-electron chi connectivity index (χ2n) is 4.44. The minimum absolute atomic E-state index is 0.120. The predicted octanol–water partition coefficient (Wildman–Crippen LogP) is 2.99. The van der Waals surface area contributed by atoms with E-state index in [0.717, 1.165) is 28.9 Å². The van der Waals surface area contributed by atoms with Crippen LogP contribution in [0.2, 0.25) is 0 Å². The monoisotopic (exact) mass is 275 g/mol. The Kier molecular flexibility index (Phi) is 3.13. The van der Waals surface area contributed by atoms with Gasteiger partial charge in [0.15, 0.2) is 0 Å². The van der Waals surface area contributed by atoms with E-state index in [1.54, 1.807) is 11.3 Å². The minimum Gasteiger partial charge on any atom is -0.487 e. The lowest BCUT2D eigenvalue weighted by Gasteiger charge is -2.11. The fourth-order valence-corrected chi connectivity index (χ4v) is 2.95. The van der Waals surface area contributed by atoms with Crippen molar-refractivity contribution in [3.05, 3.63) is 40.6 Å². The van der Waals surface area contributed by atoms with Gasteiger partial charge in [-0.2, -0.15) is 11.3 Å². The quantitative estimate of drug-likeness (QED) is 0.905. The van der Waals surface area contributed by atoms with Gasteiger partial charge in [-0.1, -0.05) is 18.2 Å². The summed E-state index contributed by atoms with van der Waals surface area (Å²) in [4.78, 5) is 10.5. The number of rotatable bonds is 3. The average Bonchev–Trinajstić information content (AvgIpc) is 3.04. The van der Waals surface area contributed by atoms with E-state index in [4.69, 9.17) is 9.84 Å². The lowest BCUT2D eigenvalue weighted by atomic mass is 10.0. The van der Waals surface area contributed by atoms with Crippen LogP contribution in [-0.2, 0) is 6.42 Å². The van der Waals surface area contributed by atoms with Crippen LogP contribution < -0.4 is 10.1 Å². The van der Waals surface area contributed by atoms with Gasteiger partial charge < -0.3 is 15.2 Å². The normalized spacial score (nSPS) is 16.7. The zero-order valence-electron chi connectivity index (χ0n) is 10.1. The van der Waals surface area contributed by atoms with E-state index in [2.05, 4.69) is 16.8 Å². The Morgan fingerprint density at radius 1 is 1.47 bits per heavy atom. The molecule has 1 aromatic carbocycles. The Balaban J connectivity index is 1.83. The first-order valence-corrected chi connectivity index (χ1v) is 6.96. The Morgan fingerprint density at radius 2 is 2.37 bits per heavy atom. The van der Waals surface area contributed by atoms with E-state index in [1.807, 2.05) is 23.6 Å². The first-order valence-electron chi connectivity index (χ1n) is 6.02. The molecule has 5 heteroatoms. The molecule has 1 amide bonds. The summed E-state index contributed by atoms with van der Waals surface area (Å²) in [5.41, 5.74) is 3.37. The minimum atomic E-state index is -1.02. The standard InChI is InChI=1S/C14H13NO3S/c16-14(17)15-7-11-6-9-2-1-3-12(13(9)18-11)10-4-5-19-8-10/h1-5,8,11,15H,6-7H2,(H,16,17). The molecule has 0 bridgehead atoms. The molecule has 4 nitrogen and oxygen atoms in total. The molecule has 0 spiro atoms. The highest BCUT2D eigenvalue weighted by Gasteiger charge is 2.25. The largest absolute Gasteiger partial charge is 0.487 e. The summed E-state index contributed by atoms with van der Waals surface area (Å²) in [6, 6.07) is 8.15. The molecule has 2 aromatic rings. The highest BCUT2D eigenvalue weighted by Crippen LogP contribution is 2.39. The van der Waals surface area contributed by atoms with Crippen LogP contribution in [0.5, 0.6) is 5.75 Å². The Bertz CT molecular complexity index is 595. The van der Waals surface area contributed by atoms with Crippen LogP contribution in [-0.4, -0.2) is 23.8 Å². The number of carbonyl (C=O) groups is 1. The highest BCUT2D eigenvalue weighted by atomic mass is 32.1. The summed E-state index contributed by atoms with van der Waals surface area (Å²) < 4.78 is 5.89. The van der Waals surface area contributed by atoms with Gasteiger partial charge in [0, 0.05) is 12.0 Å². The Labute approximate surface area is 114 Å². The fourth-order valence-electron chi connectivity index (χ4n) is 2.30. The molecule has 2 heterocycles. The van der Waals surface area contributed by atoms with Crippen LogP contribution >= 0.6 is 11.3 Å². The Morgan fingerprint density at radius 3 is 3.11 bits per heavy atom. The highest BCUT2D eigenvalue weighted by molar-refractivity contribution is 7.08. The number of amides is 1. The molecule has 1 atom stereocenters. The molecule has 0 saturated heterocycles. The van der Waals surface area contributed by atoms with Crippen molar-refractivity contribution in [3.8, 4) is 16.9 Å². The smallest absolute Gasteiger partial charge is 0.404 e. The zero-order chi connectivity index (χ0) is 13.2. The lowest BCUT2D eigenvalue weighted by Crippen LogP contribution is -2.33. The first kappa shape index (κ1) is 12.0. The van der Waals surface area contributed by atoms with Crippen LogP contribution in [0.25, 0.3) is 11.1 Å². The fraction of sp³-hybridized carbons (Fsp3) is 0.214. The number of benzene rings is 1. The first-order chi connectivity index (χ1) is 9.24. The van der Waals surface area contributed by atoms with Gasteiger partial charge >= 0.3 is 6.09 Å². The molecule has 2 N–H and O–H groups in total. The maximum atomic E-state index is 10.5. The number of hydrogen-bond acceptors (Lipinski definition) is 3. The summed E-state index contributed by atoms with van der Waals surface area (Å²) in [6.07, 6.45) is -0.392. The number of carboxylic acid groups (broad SMARTS) is 1. The summed E-state index contributed by atoms with van der Waals surface area (Å²) in [6.45, 7) is 0.313. The molecule has 98 valence electrons. The number of para-hydroxylation sites is 1. The van der Waals surface area contributed by atoms with Crippen LogP contribution in [0, 0.1) is 0 Å². The van der Waals surface area contributed by atoms with E-state index in [-0.39, 0.29) is 6.10 Å². The number of thiophene rings is 1. The summed E-state index contributed by atoms with van der Waals surface area (Å²) in [7, 11) is 0. The van der Waals surface area contributed by atoms with Crippen molar-refractivity contribution < 1.29 is 14.6 Å². The Hall–Kier alpha value is -2.01. The topological polar surface area (TPSA) is 58.6 Å². The lowest BCUT2D eigenvalue weighted by molar-refractivity contribution is 0.181. The van der Waals surface area contributed by atoms with E-state index in [0.29, 0.717) is 6.54 Å². The van der Waals surface area contributed by atoms with Crippen molar-refractivity contribution in [1.29, 1.82) is 0 Å². The maximum Gasteiger partial charge on any atom is 0.404 e. The van der Waals surface area contributed by atoms with Crippen LogP contribution in [0.3, 0.4) is 0 Å². The van der Waals surface area contributed by atoms with Gasteiger partial charge in [-0.25, -0.2) is 4.79 Å². The van der Waals surface area contributed by atoms with Gasteiger partial charge in [0.2, 0.25) is 0 Å². The van der Waals surface area contributed by atoms with Crippen LogP contribution in [0.4, 0.5) is 4.79 Å². The molecule has 1 aliphatic heterocycles. The SMILES string of the molecule is O=C(O)NCC1Cc2cccc(-c3ccsc3)c2O1. The van der Waals surface area contributed by atoms with E-state index in [9.17, 15) is 4.79 Å². The molecule has 3 rings (SSSR count). The summed E-state index contributed by atoms with van der Waals surface area (Å²) >= 11 is 1.65. The van der Waals surface area contributed by atoms with Gasteiger partial charge in [-0.05, 0) is 28.0 Å². The van der Waals surface area contributed by atoms with Gasteiger partial charge in [-0.15, -0.1) is 0 Å². The third-order valence-corrected chi connectivity index (χ3v) is 3.83. The van der Waals surface area contributed by atoms with Crippen molar-refractivity contribution >= 4 is 17.4 Å². The van der Waals surface area contributed by atoms with Crippen molar-refractivity contribution in [1.82, 2.24) is 5.32 Å². The van der Waals surface area contributed by atoms with Crippen molar-refractivity contribution in [2.45, 2.75) is 12.5 Å². The average molecular weight is 275 g/mol. The zero-order valence-corrected chi connectivity index (χ0v) is 10.9. The molecule has 1 aliphatic rings. The van der Waals surface area contributed by atoms with Gasteiger partial charge in [0.05, 0.1) is 6.54 Å². The molecule has 0 fully saturated rings. The summed E-state index contributed by atoms with van der Waals surface area (Å²) in [5.74, 6) is 0.887.